The van der Waals surface area contributed by atoms with Gasteiger partial charge in [-0.25, -0.2) is 4.39 Å². The highest BCUT2D eigenvalue weighted by Gasteiger charge is 2.12. The van der Waals surface area contributed by atoms with Gasteiger partial charge in [0.25, 0.3) is 0 Å². The summed E-state index contributed by atoms with van der Waals surface area (Å²) in [7, 11) is 0. The molecular weight excluding hydrogens is 395 g/mol. The van der Waals surface area contributed by atoms with Crippen LogP contribution >= 0.6 is 0 Å². The molecule has 1 aromatic heterocycles. The second-order valence-electron chi connectivity index (χ2n) is 7.57. The van der Waals surface area contributed by atoms with Crippen LogP contribution in [0, 0.1) is 25.6 Å². The number of ether oxygens (including phenoxy) is 1. The Labute approximate surface area is 184 Å². The van der Waals surface area contributed by atoms with Crippen molar-refractivity contribution in [3.8, 4) is 5.75 Å². The van der Waals surface area contributed by atoms with Gasteiger partial charge in [0.15, 0.2) is 5.75 Å². The van der Waals surface area contributed by atoms with E-state index in [1.54, 1.807) is 25.3 Å². The molecule has 6 heteroatoms. The lowest BCUT2D eigenvalue weighted by atomic mass is 9.94. The van der Waals surface area contributed by atoms with Gasteiger partial charge in [-0.05, 0) is 61.1 Å². The van der Waals surface area contributed by atoms with Crippen molar-refractivity contribution in [2.45, 2.75) is 60.8 Å². The fraction of sp³-hybridized carbons (Fsp3) is 0.400. The van der Waals surface area contributed by atoms with E-state index in [4.69, 9.17) is 10.5 Å². The van der Waals surface area contributed by atoms with Gasteiger partial charge in [0, 0.05) is 25.1 Å². The van der Waals surface area contributed by atoms with Crippen LogP contribution in [0.4, 0.5) is 4.39 Å². The van der Waals surface area contributed by atoms with Crippen molar-refractivity contribution in [2.24, 2.45) is 11.7 Å². The number of pyridine rings is 1. The maximum absolute atomic E-state index is 13.4. The highest BCUT2D eigenvalue weighted by atomic mass is 19.1. The zero-order valence-corrected chi connectivity index (χ0v) is 19.3. The smallest absolute Gasteiger partial charge is 0.308 e. The molecule has 0 spiro atoms. The Morgan fingerprint density at radius 1 is 1.23 bits per heavy atom. The zero-order valence-electron chi connectivity index (χ0n) is 19.3. The third kappa shape index (κ3) is 8.70. The number of hydrogen-bond donors (Lipinski definition) is 1. The van der Waals surface area contributed by atoms with Gasteiger partial charge in [0.05, 0.1) is 5.69 Å². The molecule has 2 N–H and O–H groups in total. The summed E-state index contributed by atoms with van der Waals surface area (Å²) in [6, 6.07) is 6.51. The monoisotopic (exact) mass is 428 g/mol. The topological polar surface area (TPSA) is 82.3 Å². The summed E-state index contributed by atoms with van der Waals surface area (Å²) >= 11 is 0. The molecule has 1 amide bonds. The van der Waals surface area contributed by atoms with Crippen molar-refractivity contribution in [1.82, 2.24) is 4.98 Å². The van der Waals surface area contributed by atoms with Crippen LogP contribution in [0.3, 0.4) is 0 Å². The summed E-state index contributed by atoms with van der Waals surface area (Å²) in [6.45, 7) is 11.1. The summed E-state index contributed by atoms with van der Waals surface area (Å²) in [4.78, 5) is 25.7. The van der Waals surface area contributed by atoms with Crippen molar-refractivity contribution in [1.29, 1.82) is 0 Å². The zero-order chi connectivity index (χ0) is 23.6. The molecule has 5 nitrogen and oxygen atoms in total. The molecule has 0 radical (unpaired) electrons. The first-order chi connectivity index (χ1) is 14.6. The normalized spacial score (nSPS) is 11.9. The van der Waals surface area contributed by atoms with Crippen LogP contribution in [0.25, 0.3) is 5.57 Å². The summed E-state index contributed by atoms with van der Waals surface area (Å²) in [5.41, 5.74) is 9.15. The van der Waals surface area contributed by atoms with Gasteiger partial charge >= 0.3 is 5.97 Å². The van der Waals surface area contributed by atoms with E-state index in [-0.39, 0.29) is 17.7 Å². The molecule has 2 rings (SSSR count). The predicted molar refractivity (Wildman–Crippen MR) is 122 cm³/mol. The number of primary amides is 1. The Morgan fingerprint density at radius 2 is 1.90 bits per heavy atom. The summed E-state index contributed by atoms with van der Waals surface area (Å²) in [5.74, 6) is 0.0550. The number of hydrogen-bond acceptors (Lipinski definition) is 4. The quantitative estimate of drug-likeness (QED) is 0.589. The van der Waals surface area contributed by atoms with Gasteiger partial charge in [0.2, 0.25) is 5.91 Å². The van der Waals surface area contributed by atoms with E-state index in [2.05, 4.69) is 11.1 Å². The van der Waals surface area contributed by atoms with Crippen LogP contribution in [0.2, 0.25) is 0 Å². The largest absolute Gasteiger partial charge is 0.425 e. The molecule has 0 bridgehead atoms. The lowest BCUT2D eigenvalue weighted by Crippen LogP contribution is -2.13. The van der Waals surface area contributed by atoms with Gasteiger partial charge in [-0.3, -0.25) is 14.6 Å². The first-order valence-electron chi connectivity index (χ1n) is 10.5. The van der Waals surface area contributed by atoms with Gasteiger partial charge in [-0.15, -0.1) is 0 Å². The van der Waals surface area contributed by atoms with Crippen LogP contribution in [-0.4, -0.2) is 16.9 Å². The number of nitrogens with two attached hydrogens (primary N) is 1. The minimum Gasteiger partial charge on any atom is -0.425 e. The molecule has 31 heavy (non-hydrogen) atoms. The average Bonchev–Trinajstić information content (AvgIpc) is 2.68. The van der Waals surface area contributed by atoms with Crippen LogP contribution in [-0.2, 0) is 9.59 Å². The number of allylic oxidation sites excluding steroid dienone is 1. The lowest BCUT2D eigenvalue weighted by Gasteiger charge is -2.13. The Morgan fingerprint density at radius 3 is 2.39 bits per heavy atom. The Balaban J connectivity index is 0.000000512. The predicted octanol–water partition coefficient (Wildman–Crippen LogP) is 5.51. The minimum atomic E-state index is -0.383. The average molecular weight is 429 g/mol. The van der Waals surface area contributed by atoms with Crippen molar-refractivity contribution >= 4 is 17.4 Å². The van der Waals surface area contributed by atoms with E-state index >= 15 is 0 Å². The molecular formula is C25H33FN2O3. The van der Waals surface area contributed by atoms with Gasteiger partial charge in [0.1, 0.15) is 5.82 Å². The third-order valence-electron chi connectivity index (χ3n) is 4.74. The highest BCUT2D eigenvalue weighted by molar-refractivity contribution is 5.82. The van der Waals surface area contributed by atoms with E-state index in [1.165, 1.54) is 19.1 Å². The van der Waals surface area contributed by atoms with Crippen LogP contribution in [0.1, 0.15) is 69.3 Å². The molecule has 168 valence electrons. The number of rotatable bonds is 7. The Kier molecular flexibility index (Phi) is 10.6. The van der Waals surface area contributed by atoms with E-state index in [9.17, 15) is 14.0 Å². The van der Waals surface area contributed by atoms with Gasteiger partial charge in [-0.1, -0.05) is 39.3 Å². The number of halogens is 1. The third-order valence-corrected chi connectivity index (χ3v) is 4.74. The summed E-state index contributed by atoms with van der Waals surface area (Å²) in [5, 5.41) is 0. The number of amides is 1. The van der Waals surface area contributed by atoms with E-state index < -0.39 is 0 Å². The lowest BCUT2D eigenvalue weighted by molar-refractivity contribution is -0.132. The SMILES string of the molecule is CC/C=C(/c1cnc(C)c(OC(C)=O)c1)c1ccc(F)cc1C.CCC(C)CC(N)=O. The molecule has 1 atom stereocenters. The van der Waals surface area contributed by atoms with Crippen LogP contribution < -0.4 is 10.5 Å². The molecule has 0 saturated heterocycles. The molecule has 1 unspecified atom stereocenters. The second-order valence-corrected chi connectivity index (χ2v) is 7.57. The van der Waals surface area contributed by atoms with E-state index in [0.29, 0.717) is 23.8 Å². The van der Waals surface area contributed by atoms with E-state index in [1.807, 2.05) is 27.7 Å². The number of nitrogens with zero attached hydrogens (tertiary/aromatic N) is 1. The number of benzene rings is 1. The molecule has 1 heterocycles. The Bertz CT molecular complexity index is 938. The van der Waals surface area contributed by atoms with E-state index in [0.717, 1.165) is 35.1 Å². The molecule has 0 aliphatic heterocycles. The number of carbonyl (C=O) groups is 2. The second kappa shape index (κ2) is 12.6. The van der Waals surface area contributed by atoms with Crippen LogP contribution in [0.15, 0.2) is 36.5 Å². The first kappa shape index (κ1) is 26.0. The van der Waals surface area contributed by atoms with Gasteiger partial charge in [-0.2, -0.15) is 0 Å². The molecule has 0 aliphatic carbocycles. The number of aryl methyl sites for hydroxylation is 2. The van der Waals surface area contributed by atoms with Crippen LogP contribution in [0.5, 0.6) is 5.75 Å². The van der Waals surface area contributed by atoms with Crippen molar-refractivity contribution in [3.05, 3.63) is 64.7 Å². The maximum atomic E-state index is 13.4. The highest BCUT2D eigenvalue weighted by Crippen LogP contribution is 2.30. The maximum Gasteiger partial charge on any atom is 0.308 e. The fourth-order valence-electron chi connectivity index (χ4n) is 2.92. The van der Waals surface area contributed by atoms with Crippen molar-refractivity contribution in [2.75, 3.05) is 0 Å². The summed E-state index contributed by atoms with van der Waals surface area (Å²) < 4.78 is 18.6. The van der Waals surface area contributed by atoms with Gasteiger partial charge < -0.3 is 10.5 Å². The molecule has 2 aromatic rings. The van der Waals surface area contributed by atoms with Crippen molar-refractivity contribution in [3.63, 3.8) is 0 Å². The number of carbonyl (C=O) groups excluding carboxylic acids is 2. The summed E-state index contributed by atoms with van der Waals surface area (Å²) in [6.07, 6.45) is 6.18. The minimum absolute atomic E-state index is 0.195. The number of aromatic nitrogens is 1. The Hall–Kier alpha value is -3.02. The molecule has 0 saturated carbocycles. The number of esters is 1. The van der Waals surface area contributed by atoms with Crippen molar-refractivity contribution < 1.29 is 18.7 Å². The molecule has 0 aliphatic rings. The molecule has 0 fully saturated rings. The first-order valence-corrected chi connectivity index (χ1v) is 10.5. The fourth-order valence-corrected chi connectivity index (χ4v) is 2.92. The standard InChI is InChI=1S/C19H20FNO2.C6H13NO/c1-5-6-18(17-8-7-16(20)9-12(17)2)15-10-19(23-14(4)22)13(3)21-11-15;1-3-5(2)4-6(7)8/h6-11H,5H2,1-4H3;5H,3-4H2,1-2H3,(H2,7,8)/b18-6-;. The molecule has 1 aromatic carbocycles.